The Morgan fingerprint density at radius 2 is 1.05 bits per heavy atom. The third kappa shape index (κ3) is 3.87. The molecule has 5 nitrogen and oxygen atoms in total. The van der Waals surface area contributed by atoms with Crippen molar-refractivity contribution in [2.45, 2.75) is 51.4 Å². The number of methoxy groups -OCH3 is 2. The van der Waals surface area contributed by atoms with Crippen molar-refractivity contribution in [3.8, 4) is 0 Å². The fraction of sp³-hybridized carbons (Fsp3) is 0.824. The average Bonchev–Trinajstić information content (AvgIpc) is 2.59. The van der Waals surface area contributed by atoms with E-state index >= 15 is 0 Å². The van der Waals surface area contributed by atoms with Crippen LogP contribution >= 0.6 is 0 Å². The number of hydrogen-bond acceptors (Lipinski definition) is 5. The van der Waals surface area contributed by atoms with Crippen LogP contribution in [0.25, 0.3) is 0 Å². The number of Topliss-reactive ketones (excluding diaryl/α,β-unsaturated/α-hetero) is 1. The summed E-state index contributed by atoms with van der Waals surface area (Å²) in [7, 11) is 2.80. The van der Waals surface area contributed by atoms with Crippen LogP contribution < -0.4 is 0 Å². The molecule has 2 fully saturated rings. The van der Waals surface area contributed by atoms with Crippen LogP contribution in [0.4, 0.5) is 0 Å². The van der Waals surface area contributed by atoms with Gasteiger partial charge in [-0.3, -0.25) is 14.4 Å². The van der Waals surface area contributed by atoms with Gasteiger partial charge in [-0.05, 0) is 38.5 Å². The first-order chi connectivity index (χ1) is 10.6. The molecular formula is C17H26O5. The number of carbonyl (C=O) groups is 3. The smallest absolute Gasteiger partial charge is 0.308 e. The van der Waals surface area contributed by atoms with Crippen molar-refractivity contribution >= 4 is 17.7 Å². The molecule has 0 amide bonds. The zero-order valence-electron chi connectivity index (χ0n) is 13.5. The topological polar surface area (TPSA) is 69.7 Å². The number of ether oxygens (including phenoxy) is 2. The van der Waals surface area contributed by atoms with Gasteiger partial charge < -0.3 is 9.47 Å². The maximum absolute atomic E-state index is 12.8. The number of esters is 2. The van der Waals surface area contributed by atoms with Crippen LogP contribution in [-0.2, 0) is 23.9 Å². The van der Waals surface area contributed by atoms with Crippen molar-refractivity contribution in [2.24, 2.45) is 23.7 Å². The average molecular weight is 310 g/mol. The highest BCUT2D eigenvalue weighted by molar-refractivity contribution is 5.85. The molecule has 0 heterocycles. The monoisotopic (exact) mass is 310 g/mol. The third-order valence-corrected chi connectivity index (χ3v) is 5.22. The molecule has 0 aromatic rings. The van der Waals surface area contributed by atoms with Gasteiger partial charge in [0.15, 0.2) is 0 Å². The SMILES string of the molecule is COC(=O)[C@@H]1CCC[C@@H](C(=O)[C@H]2CCC[C@@H](C(=O)OC)C2)C1. The minimum Gasteiger partial charge on any atom is -0.469 e. The van der Waals surface area contributed by atoms with Crippen molar-refractivity contribution in [2.75, 3.05) is 14.2 Å². The fourth-order valence-electron chi connectivity index (χ4n) is 3.99. The molecule has 124 valence electrons. The maximum atomic E-state index is 12.8. The van der Waals surface area contributed by atoms with E-state index in [-0.39, 0.29) is 41.4 Å². The first-order valence-electron chi connectivity index (χ1n) is 8.26. The van der Waals surface area contributed by atoms with Crippen LogP contribution in [0.15, 0.2) is 0 Å². The standard InChI is InChI=1S/C17H26O5/c1-21-16(19)13-7-3-5-11(9-13)15(18)12-6-4-8-14(10-12)17(20)22-2/h11-14H,3-10H2,1-2H3/t11-,12+,13-,14-/m1/s1. The van der Waals surface area contributed by atoms with Gasteiger partial charge in [-0.15, -0.1) is 0 Å². The lowest BCUT2D eigenvalue weighted by Crippen LogP contribution is -2.35. The lowest BCUT2D eigenvalue weighted by molar-refractivity contribution is -0.148. The molecule has 22 heavy (non-hydrogen) atoms. The second-order valence-corrected chi connectivity index (χ2v) is 6.57. The normalized spacial score (nSPS) is 32.1. The van der Waals surface area contributed by atoms with E-state index in [1.54, 1.807) is 0 Å². The maximum Gasteiger partial charge on any atom is 0.308 e. The summed E-state index contributed by atoms with van der Waals surface area (Å²) >= 11 is 0. The Bertz CT molecular complexity index is 393. The molecule has 4 atom stereocenters. The Kier molecular flexibility index (Phi) is 5.98. The molecule has 5 heteroatoms. The van der Waals surface area contributed by atoms with Crippen LogP contribution in [-0.4, -0.2) is 31.9 Å². The lowest BCUT2D eigenvalue weighted by Gasteiger charge is -2.32. The van der Waals surface area contributed by atoms with Gasteiger partial charge in [-0.1, -0.05) is 12.8 Å². The van der Waals surface area contributed by atoms with Crippen molar-refractivity contribution in [1.82, 2.24) is 0 Å². The Morgan fingerprint density at radius 3 is 1.41 bits per heavy atom. The Morgan fingerprint density at radius 1 is 0.682 bits per heavy atom. The van der Waals surface area contributed by atoms with Crippen molar-refractivity contribution in [1.29, 1.82) is 0 Å². The molecule has 0 aliphatic heterocycles. The van der Waals surface area contributed by atoms with Gasteiger partial charge in [0.05, 0.1) is 26.1 Å². The molecule has 2 rings (SSSR count). The highest BCUT2D eigenvalue weighted by Gasteiger charge is 2.38. The second kappa shape index (κ2) is 7.75. The zero-order chi connectivity index (χ0) is 16.1. The molecule has 0 unspecified atom stereocenters. The van der Waals surface area contributed by atoms with E-state index in [0.717, 1.165) is 38.5 Å². The quantitative estimate of drug-likeness (QED) is 0.746. The van der Waals surface area contributed by atoms with E-state index in [1.165, 1.54) is 14.2 Å². The highest BCUT2D eigenvalue weighted by Crippen LogP contribution is 2.37. The number of ketones is 1. The molecule has 2 aliphatic carbocycles. The fourth-order valence-corrected chi connectivity index (χ4v) is 3.99. The summed E-state index contributed by atoms with van der Waals surface area (Å²) in [5.74, 6) is -0.566. The predicted molar refractivity (Wildman–Crippen MR) is 79.9 cm³/mol. The van der Waals surface area contributed by atoms with E-state index in [4.69, 9.17) is 9.47 Å². The van der Waals surface area contributed by atoms with Gasteiger partial charge in [-0.2, -0.15) is 0 Å². The summed E-state index contributed by atoms with van der Waals surface area (Å²) < 4.78 is 9.63. The molecule has 0 spiro atoms. The number of rotatable bonds is 4. The minimum atomic E-state index is -0.200. The van der Waals surface area contributed by atoms with Gasteiger partial charge in [0, 0.05) is 11.8 Å². The zero-order valence-corrected chi connectivity index (χ0v) is 13.5. The summed E-state index contributed by atoms with van der Waals surface area (Å²) in [6.45, 7) is 0. The second-order valence-electron chi connectivity index (χ2n) is 6.57. The van der Waals surface area contributed by atoms with Crippen molar-refractivity contribution < 1.29 is 23.9 Å². The third-order valence-electron chi connectivity index (χ3n) is 5.22. The van der Waals surface area contributed by atoms with Crippen molar-refractivity contribution in [3.05, 3.63) is 0 Å². The van der Waals surface area contributed by atoms with Gasteiger partial charge >= 0.3 is 11.9 Å². The Labute approximate surface area is 131 Å². The van der Waals surface area contributed by atoms with Crippen LogP contribution in [0, 0.1) is 23.7 Å². The van der Waals surface area contributed by atoms with Crippen LogP contribution in [0.5, 0.6) is 0 Å². The molecule has 0 N–H and O–H groups in total. The van der Waals surface area contributed by atoms with Crippen LogP contribution in [0.1, 0.15) is 51.4 Å². The first-order valence-corrected chi connectivity index (χ1v) is 8.26. The van der Waals surface area contributed by atoms with E-state index in [9.17, 15) is 14.4 Å². The summed E-state index contributed by atoms with van der Waals surface area (Å²) in [6.07, 6.45) is 6.32. The molecule has 2 saturated carbocycles. The molecule has 0 saturated heterocycles. The van der Waals surface area contributed by atoms with Gasteiger partial charge in [-0.25, -0.2) is 0 Å². The molecule has 0 radical (unpaired) electrons. The molecule has 0 aromatic carbocycles. The van der Waals surface area contributed by atoms with E-state index in [1.807, 2.05) is 0 Å². The molecule has 2 aliphatic rings. The van der Waals surface area contributed by atoms with E-state index in [0.29, 0.717) is 12.8 Å². The van der Waals surface area contributed by atoms with Gasteiger partial charge in [0.2, 0.25) is 0 Å². The van der Waals surface area contributed by atoms with Crippen LogP contribution in [0.2, 0.25) is 0 Å². The molecular weight excluding hydrogens is 284 g/mol. The number of hydrogen-bond donors (Lipinski definition) is 0. The predicted octanol–water partition coefficient (Wildman–Crippen LogP) is 2.51. The lowest BCUT2D eigenvalue weighted by atomic mass is 9.71. The van der Waals surface area contributed by atoms with E-state index < -0.39 is 0 Å². The Balaban J connectivity index is 1.95. The van der Waals surface area contributed by atoms with E-state index in [2.05, 4.69) is 0 Å². The minimum absolute atomic E-state index is 0.0563. The van der Waals surface area contributed by atoms with Crippen LogP contribution in [0.3, 0.4) is 0 Å². The van der Waals surface area contributed by atoms with Gasteiger partial charge in [0.25, 0.3) is 0 Å². The highest BCUT2D eigenvalue weighted by atomic mass is 16.5. The Hall–Kier alpha value is -1.39. The molecule has 0 bridgehead atoms. The number of carbonyl (C=O) groups excluding carboxylic acids is 3. The summed E-state index contributed by atoms with van der Waals surface area (Å²) in [5, 5.41) is 0. The van der Waals surface area contributed by atoms with Crippen molar-refractivity contribution in [3.63, 3.8) is 0 Å². The summed E-state index contributed by atoms with van der Waals surface area (Å²) in [6, 6.07) is 0. The first kappa shape index (κ1) is 17.0. The largest absolute Gasteiger partial charge is 0.469 e. The summed E-state index contributed by atoms with van der Waals surface area (Å²) in [4.78, 5) is 36.2. The molecule has 0 aromatic heterocycles. The van der Waals surface area contributed by atoms with Gasteiger partial charge in [0.1, 0.15) is 5.78 Å². The summed E-state index contributed by atoms with van der Waals surface area (Å²) in [5.41, 5.74) is 0.